The number of carbonyl (C=O) groups is 4. The lowest BCUT2D eigenvalue weighted by atomic mass is 9.81. The van der Waals surface area contributed by atoms with Gasteiger partial charge in [0.25, 0.3) is 11.8 Å². The van der Waals surface area contributed by atoms with Crippen molar-refractivity contribution < 1.29 is 19.2 Å². The molecule has 0 spiro atoms. The van der Waals surface area contributed by atoms with E-state index in [1.165, 1.54) is 17.1 Å². The Bertz CT molecular complexity index is 535. The molecule has 0 unspecified atom stereocenters. The number of nitrogens with one attached hydrogen (secondary N) is 1. The van der Waals surface area contributed by atoms with Crippen LogP contribution in [0.4, 0.5) is 0 Å². The Labute approximate surface area is 153 Å². The highest BCUT2D eigenvalue weighted by atomic mass is 32.1. The first-order valence-electron chi connectivity index (χ1n) is 9.00. The fourth-order valence-electron chi connectivity index (χ4n) is 3.41. The average Bonchev–Trinajstić information content (AvgIpc) is 2.90. The second-order valence-corrected chi connectivity index (χ2v) is 7.33. The van der Waals surface area contributed by atoms with Crippen molar-refractivity contribution in [3.05, 3.63) is 12.2 Å². The van der Waals surface area contributed by atoms with Crippen molar-refractivity contribution in [2.75, 3.05) is 13.1 Å². The Morgan fingerprint density at radius 3 is 2.28 bits per heavy atom. The van der Waals surface area contributed by atoms with Crippen LogP contribution in [0.5, 0.6) is 0 Å². The molecule has 0 aromatic carbocycles. The van der Waals surface area contributed by atoms with Crippen LogP contribution in [0.3, 0.4) is 0 Å². The predicted octanol–water partition coefficient (Wildman–Crippen LogP) is 1.85. The van der Waals surface area contributed by atoms with E-state index in [-0.39, 0.29) is 34.7 Å². The standard InChI is InChI=1S/C18H26N2O4S/c21-15-9-10-16(22)20(15)12-13-5-7-14(8-6-13)18(24)19-11-3-1-2-4-17(23)25/h9-10,13-14H,1-8,11-12H2,(H,19,24)(H,23,25). The predicted molar refractivity (Wildman–Crippen MR) is 96.8 cm³/mol. The number of hydrogen-bond donors (Lipinski definition) is 2. The van der Waals surface area contributed by atoms with Gasteiger partial charge in [-0.25, -0.2) is 0 Å². The molecule has 1 aliphatic heterocycles. The van der Waals surface area contributed by atoms with Crippen LogP contribution in [0, 0.1) is 11.8 Å². The van der Waals surface area contributed by atoms with Gasteiger partial charge in [-0.3, -0.25) is 24.1 Å². The zero-order valence-corrected chi connectivity index (χ0v) is 15.3. The number of carbonyl (C=O) groups excluding carboxylic acids is 4. The van der Waals surface area contributed by atoms with Crippen LogP contribution in [0.2, 0.25) is 0 Å². The first-order valence-corrected chi connectivity index (χ1v) is 9.45. The maximum atomic E-state index is 12.2. The van der Waals surface area contributed by atoms with Gasteiger partial charge in [-0.15, -0.1) is 12.6 Å². The molecular formula is C18H26N2O4S. The van der Waals surface area contributed by atoms with E-state index in [4.69, 9.17) is 0 Å². The van der Waals surface area contributed by atoms with E-state index in [0.717, 1.165) is 44.9 Å². The number of amides is 3. The first-order chi connectivity index (χ1) is 12.0. The van der Waals surface area contributed by atoms with Gasteiger partial charge in [0.15, 0.2) is 5.12 Å². The Kier molecular flexibility index (Phi) is 7.68. The molecule has 1 heterocycles. The highest BCUT2D eigenvalue weighted by Gasteiger charge is 2.31. The van der Waals surface area contributed by atoms with Crippen molar-refractivity contribution in [2.45, 2.75) is 51.4 Å². The van der Waals surface area contributed by atoms with Gasteiger partial charge < -0.3 is 5.32 Å². The summed E-state index contributed by atoms with van der Waals surface area (Å²) in [5.41, 5.74) is 0. The van der Waals surface area contributed by atoms with E-state index in [0.29, 0.717) is 19.5 Å². The highest BCUT2D eigenvalue weighted by Crippen LogP contribution is 2.30. The van der Waals surface area contributed by atoms with E-state index in [1.54, 1.807) is 0 Å². The highest BCUT2D eigenvalue weighted by molar-refractivity contribution is 7.96. The third-order valence-corrected chi connectivity index (χ3v) is 5.15. The molecule has 25 heavy (non-hydrogen) atoms. The maximum Gasteiger partial charge on any atom is 0.253 e. The summed E-state index contributed by atoms with van der Waals surface area (Å²) in [6, 6.07) is 0. The number of thiol groups is 1. The summed E-state index contributed by atoms with van der Waals surface area (Å²) in [6.07, 6.45) is 9.02. The van der Waals surface area contributed by atoms with Crippen LogP contribution in [-0.2, 0) is 19.2 Å². The van der Waals surface area contributed by atoms with Gasteiger partial charge in [0.1, 0.15) is 0 Å². The van der Waals surface area contributed by atoms with Crippen LogP contribution in [0.15, 0.2) is 12.2 Å². The summed E-state index contributed by atoms with van der Waals surface area (Å²) in [4.78, 5) is 47.4. The van der Waals surface area contributed by atoms with Crippen LogP contribution in [0.25, 0.3) is 0 Å². The van der Waals surface area contributed by atoms with Crippen LogP contribution < -0.4 is 5.32 Å². The number of unbranched alkanes of at least 4 members (excludes halogenated alkanes) is 2. The molecule has 6 nitrogen and oxygen atoms in total. The summed E-state index contributed by atoms with van der Waals surface area (Å²) in [6.45, 7) is 1.10. The van der Waals surface area contributed by atoms with Crippen molar-refractivity contribution in [1.29, 1.82) is 0 Å². The minimum Gasteiger partial charge on any atom is -0.356 e. The van der Waals surface area contributed by atoms with E-state index in [2.05, 4.69) is 17.9 Å². The van der Waals surface area contributed by atoms with Gasteiger partial charge in [0, 0.05) is 37.6 Å². The molecule has 0 atom stereocenters. The lowest BCUT2D eigenvalue weighted by molar-refractivity contribution is -0.138. The monoisotopic (exact) mass is 366 g/mol. The molecule has 1 saturated carbocycles. The summed E-state index contributed by atoms with van der Waals surface area (Å²) in [5, 5.41) is 2.88. The molecule has 0 bridgehead atoms. The molecule has 0 aromatic heterocycles. The van der Waals surface area contributed by atoms with Gasteiger partial charge in [-0.2, -0.15) is 0 Å². The van der Waals surface area contributed by atoms with Crippen molar-refractivity contribution in [3.63, 3.8) is 0 Å². The van der Waals surface area contributed by atoms with Crippen molar-refractivity contribution in [2.24, 2.45) is 11.8 Å². The second kappa shape index (κ2) is 9.75. The molecule has 1 aliphatic carbocycles. The molecule has 2 aliphatic rings. The molecule has 3 amide bonds. The van der Waals surface area contributed by atoms with Crippen molar-refractivity contribution in [1.82, 2.24) is 10.2 Å². The Morgan fingerprint density at radius 1 is 1.04 bits per heavy atom. The maximum absolute atomic E-state index is 12.2. The fraction of sp³-hybridized carbons (Fsp3) is 0.667. The van der Waals surface area contributed by atoms with Crippen molar-refractivity contribution in [3.8, 4) is 0 Å². The SMILES string of the molecule is O=C(S)CCCCCNC(=O)C1CCC(CN2C(=O)C=CC2=O)CC1. The lowest BCUT2D eigenvalue weighted by Crippen LogP contribution is -2.38. The van der Waals surface area contributed by atoms with Gasteiger partial charge in [-0.05, 0) is 44.4 Å². The average molecular weight is 366 g/mol. The number of hydrogen-bond acceptors (Lipinski definition) is 4. The third-order valence-electron chi connectivity index (χ3n) is 4.93. The van der Waals surface area contributed by atoms with Gasteiger partial charge in [0.2, 0.25) is 5.91 Å². The molecular weight excluding hydrogens is 340 g/mol. The molecule has 138 valence electrons. The zero-order valence-electron chi connectivity index (χ0n) is 14.4. The topological polar surface area (TPSA) is 83.6 Å². The quantitative estimate of drug-likeness (QED) is 0.371. The minimum absolute atomic E-state index is 0.0263. The van der Waals surface area contributed by atoms with Gasteiger partial charge in [-0.1, -0.05) is 6.42 Å². The summed E-state index contributed by atoms with van der Waals surface area (Å²) in [5.74, 6) is -0.0540. The van der Waals surface area contributed by atoms with E-state index in [9.17, 15) is 19.2 Å². The number of nitrogens with zero attached hydrogens (tertiary/aromatic N) is 1. The summed E-state index contributed by atoms with van der Waals surface area (Å²) in [7, 11) is 0. The van der Waals surface area contributed by atoms with Gasteiger partial charge >= 0.3 is 0 Å². The molecule has 1 N–H and O–H groups in total. The van der Waals surface area contributed by atoms with Crippen molar-refractivity contribution >= 4 is 35.5 Å². The Balaban J connectivity index is 1.59. The smallest absolute Gasteiger partial charge is 0.253 e. The summed E-state index contributed by atoms with van der Waals surface area (Å²) >= 11 is 3.73. The number of imide groups is 1. The second-order valence-electron chi connectivity index (χ2n) is 6.83. The normalized spacial score (nSPS) is 23.2. The largest absolute Gasteiger partial charge is 0.356 e. The fourth-order valence-corrected chi connectivity index (χ4v) is 3.57. The molecule has 0 aromatic rings. The minimum atomic E-state index is -0.232. The number of rotatable bonds is 9. The van der Waals surface area contributed by atoms with Gasteiger partial charge in [0.05, 0.1) is 0 Å². The molecule has 1 fully saturated rings. The van der Waals surface area contributed by atoms with E-state index in [1.807, 2.05) is 0 Å². The molecule has 0 radical (unpaired) electrons. The van der Waals surface area contributed by atoms with E-state index >= 15 is 0 Å². The molecule has 2 rings (SSSR count). The zero-order chi connectivity index (χ0) is 18.2. The van der Waals surface area contributed by atoms with Crippen LogP contribution in [0.1, 0.15) is 51.4 Å². The van der Waals surface area contributed by atoms with Crippen LogP contribution in [-0.4, -0.2) is 40.8 Å². The molecule has 7 heteroatoms. The van der Waals surface area contributed by atoms with E-state index < -0.39 is 0 Å². The van der Waals surface area contributed by atoms with Crippen LogP contribution >= 0.6 is 12.6 Å². The molecule has 0 saturated heterocycles. The Morgan fingerprint density at radius 2 is 1.68 bits per heavy atom. The third kappa shape index (κ3) is 6.30. The Hall–Kier alpha value is -1.63. The summed E-state index contributed by atoms with van der Waals surface area (Å²) < 4.78 is 0. The first kappa shape index (κ1) is 19.7. The lowest BCUT2D eigenvalue weighted by Gasteiger charge is -2.30.